The minimum Gasteiger partial charge on any atom is -0.658 e. The van der Waals surface area contributed by atoms with E-state index in [4.69, 9.17) is 19.2 Å². The average Bonchev–Trinajstić information content (AvgIpc) is 2.05. The third-order valence-corrected chi connectivity index (χ3v) is 1.81. The molecule has 0 bridgehead atoms. The van der Waals surface area contributed by atoms with Gasteiger partial charge >= 0.3 is 20.2 Å². The van der Waals surface area contributed by atoms with Gasteiger partial charge in [0.15, 0.2) is 0 Å². The molecule has 0 fully saturated rings. The van der Waals surface area contributed by atoms with Crippen LogP contribution in [-0.4, -0.2) is 50.3 Å². The van der Waals surface area contributed by atoms with Gasteiger partial charge < -0.3 is 25.1 Å². The molecule has 0 saturated carbocycles. The van der Waals surface area contributed by atoms with Crippen LogP contribution < -0.4 is 0 Å². The van der Waals surface area contributed by atoms with Gasteiger partial charge in [0.2, 0.25) is 0 Å². The summed E-state index contributed by atoms with van der Waals surface area (Å²) >= 11 is 0. The minimum atomic E-state index is -4.87. The zero-order valence-electron chi connectivity index (χ0n) is 11.6. The molecule has 0 aromatic rings. The lowest BCUT2D eigenvalue weighted by Crippen LogP contribution is -2.42. The van der Waals surface area contributed by atoms with Gasteiger partial charge in [-0.05, 0) is 0 Å². The summed E-state index contributed by atoms with van der Waals surface area (Å²) < 4.78 is 81.4. The summed E-state index contributed by atoms with van der Waals surface area (Å²) in [7, 11) is -4.64. The number of aliphatic hydroxyl groups is 1. The Kier molecular flexibility index (Phi) is 9.18. The fourth-order valence-corrected chi connectivity index (χ4v) is 1.27. The van der Waals surface area contributed by atoms with Gasteiger partial charge in [-0.15, -0.1) is 12.6 Å². The van der Waals surface area contributed by atoms with Crippen LogP contribution in [0.5, 0.6) is 0 Å². The Balaban J connectivity index is 0. The molecule has 0 aliphatic carbocycles. The summed E-state index contributed by atoms with van der Waals surface area (Å²) in [6.07, 6.45) is -13.6. The Bertz CT molecular complexity index is 342. The quantitative estimate of drug-likeness (QED) is 0.442. The maximum atomic E-state index is 12.1. The van der Waals surface area contributed by atoms with Crippen molar-refractivity contribution in [3.8, 4) is 0 Å². The molecular formula is C9H17F6NO5P-. The molecule has 0 aliphatic heterocycles. The predicted octanol–water partition coefficient (Wildman–Crippen LogP) is 2.48. The van der Waals surface area contributed by atoms with Gasteiger partial charge in [-0.25, -0.2) is 4.57 Å². The van der Waals surface area contributed by atoms with Gasteiger partial charge in [-0.1, -0.05) is 13.8 Å². The first kappa shape index (κ1) is 23.9. The summed E-state index contributed by atoms with van der Waals surface area (Å²) in [6, 6.07) is -0.442. The van der Waals surface area contributed by atoms with E-state index < -0.39 is 51.2 Å². The lowest BCUT2D eigenvalue weighted by Gasteiger charge is -2.38. The lowest BCUT2D eigenvalue weighted by atomic mass is 9.94. The topological polar surface area (TPSA) is 112 Å². The fourth-order valence-electron chi connectivity index (χ4n) is 1.27. The second-order valence-corrected chi connectivity index (χ2v) is 5.78. The maximum Gasteiger partial charge on any atom is 0.466 e. The average molecular weight is 364 g/mol. The molecule has 0 spiro atoms. The second-order valence-electron chi connectivity index (χ2n) is 4.76. The second kappa shape index (κ2) is 8.46. The van der Waals surface area contributed by atoms with E-state index in [1.54, 1.807) is 0 Å². The molecule has 136 valence electrons. The summed E-state index contributed by atoms with van der Waals surface area (Å²) in [5.74, 6) is 0. The van der Waals surface area contributed by atoms with E-state index in [9.17, 15) is 31.4 Å². The zero-order valence-corrected chi connectivity index (χ0v) is 12.5. The van der Waals surface area contributed by atoms with Crippen LogP contribution in [0.2, 0.25) is 0 Å². The Morgan fingerprint density at radius 3 is 1.41 bits per heavy atom. The molecule has 0 aromatic carbocycles. The number of hydrogen-bond acceptors (Lipinski definition) is 2. The number of hydrogen-bond donors (Lipinski definition) is 4. The van der Waals surface area contributed by atoms with Crippen LogP contribution in [0.4, 0.5) is 26.3 Å². The standard InChI is InChI=1S/C9H14F6NO.H3O4P/c1-6(2)16-5-7(17,3-8(10,11)12)4-9(13,14)15;1-5(2,3)4/h6,17H,3-5H2,1-2H3;(H3,1,2,3,4)/q-1;. The third kappa shape index (κ3) is 21.9. The van der Waals surface area contributed by atoms with Crippen molar-refractivity contribution in [1.29, 1.82) is 0 Å². The van der Waals surface area contributed by atoms with Gasteiger partial charge in [0.1, 0.15) is 0 Å². The molecule has 0 amide bonds. The summed E-state index contributed by atoms with van der Waals surface area (Å²) in [5, 5.41) is 12.9. The molecule has 0 rings (SSSR count). The molecule has 13 heteroatoms. The summed E-state index contributed by atoms with van der Waals surface area (Å²) in [4.78, 5) is 21.6. The summed E-state index contributed by atoms with van der Waals surface area (Å²) in [5.41, 5.74) is -2.92. The lowest BCUT2D eigenvalue weighted by molar-refractivity contribution is -0.212. The predicted molar refractivity (Wildman–Crippen MR) is 63.9 cm³/mol. The van der Waals surface area contributed by atoms with Crippen LogP contribution in [0.3, 0.4) is 0 Å². The van der Waals surface area contributed by atoms with Gasteiger partial charge in [0, 0.05) is 0 Å². The van der Waals surface area contributed by atoms with Crippen molar-refractivity contribution < 1.29 is 50.7 Å². The van der Waals surface area contributed by atoms with E-state index >= 15 is 0 Å². The van der Waals surface area contributed by atoms with E-state index in [0.717, 1.165) is 0 Å². The van der Waals surface area contributed by atoms with Crippen molar-refractivity contribution >= 4 is 7.82 Å². The molecule has 4 N–H and O–H groups in total. The number of nitrogens with zero attached hydrogens (tertiary/aromatic N) is 1. The Morgan fingerprint density at radius 1 is 0.955 bits per heavy atom. The number of halogens is 6. The van der Waals surface area contributed by atoms with Gasteiger partial charge in [-0.2, -0.15) is 26.3 Å². The first-order valence-corrected chi connectivity index (χ1v) is 7.20. The van der Waals surface area contributed by atoms with Crippen LogP contribution >= 0.6 is 7.82 Å². The van der Waals surface area contributed by atoms with Crippen molar-refractivity contribution in [1.82, 2.24) is 0 Å². The normalized spacial score (nSPS) is 13.9. The van der Waals surface area contributed by atoms with Crippen LogP contribution in [0.25, 0.3) is 5.32 Å². The molecule has 0 aromatic heterocycles. The third-order valence-electron chi connectivity index (χ3n) is 1.81. The first-order valence-electron chi connectivity index (χ1n) is 5.64. The van der Waals surface area contributed by atoms with Gasteiger partial charge in [-0.3, -0.25) is 0 Å². The van der Waals surface area contributed by atoms with E-state index in [1.807, 2.05) is 0 Å². The van der Waals surface area contributed by atoms with Gasteiger partial charge in [0.25, 0.3) is 0 Å². The van der Waals surface area contributed by atoms with E-state index in [-0.39, 0.29) is 0 Å². The Morgan fingerprint density at radius 2 is 1.23 bits per heavy atom. The number of rotatable bonds is 5. The SMILES string of the molecule is CC(C)[N-]CC(O)(CC(F)(F)F)CC(F)(F)F.O=P(O)(O)O. The highest BCUT2D eigenvalue weighted by atomic mass is 31.2. The molecule has 0 unspecified atom stereocenters. The van der Waals surface area contributed by atoms with E-state index in [0.29, 0.717) is 0 Å². The van der Waals surface area contributed by atoms with Crippen molar-refractivity contribution in [2.24, 2.45) is 0 Å². The molecular weight excluding hydrogens is 347 g/mol. The summed E-state index contributed by atoms with van der Waals surface area (Å²) in [6.45, 7) is 2.12. The highest BCUT2D eigenvalue weighted by Crippen LogP contribution is 2.36. The number of alkyl halides is 6. The Labute approximate surface area is 122 Å². The van der Waals surface area contributed by atoms with Crippen LogP contribution in [-0.2, 0) is 4.57 Å². The Hall–Kier alpha value is -0.390. The minimum absolute atomic E-state index is 0.442. The molecule has 0 atom stereocenters. The fraction of sp³-hybridized carbons (Fsp3) is 1.00. The van der Waals surface area contributed by atoms with Crippen LogP contribution in [0, 0.1) is 0 Å². The van der Waals surface area contributed by atoms with E-state index in [1.165, 1.54) is 13.8 Å². The smallest absolute Gasteiger partial charge is 0.466 e. The first-order chi connectivity index (χ1) is 9.33. The van der Waals surface area contributed by atoms with Crippen molar-refractivity contribution in [3.63, 3.8) is 0 Å². The maximum absolute atomic E-state index is 12.1. The van der Waals surface area contributed by atoms with E-state index in [2.05, 4.69) is 5.32 Å². The highest BCUT2D eigenvalue weighted by molar-refractivity contribution is 7.45. The van der Waals surface area contributed by atoms with Crippen molar-refractivity contribution in [2.75, 3.05) is 6.54 Å². The molecule has 0 heterocycles. The molecule has 0 radical (unpaired) electrons. The van der Waals surface area contributed by atoms with Crippen molar-refractivity contribution in [2.45, 2.75) is 50.7 Å². The molecule has 6 nitrogen and oxygen atoms in total. The largest absolute Gasteiger partial charge is 0.658 e. The number of phosphoric acid groups is 1. The molecule has 22 heavy (non-hydrogen) atoms. The molecule has 0 aliphatic rings. The van der Waals surface area contributed by atoms with Crippen LogP contribution in [0.1, 0.15) is 26.7 Å². The highest BCUT2D eigenvalue weighted by Gasteiger charge is 2.45. The van der Waals surface area contributed by atoms with Crippen LogP contribution in [0.15, 0.2) is 0 Å². The monoisotopic (exact) mass is 364 g/mol. The molecule has 0 saturated heterocycles. The zero-order chi connectivity index (χ0) is 18.4. The van der Waals surface area contributed by atoms with Crippen molar-refractivity contribution in [3.05, 3.63) is 5.32 Å². The van der Waals surface area contributed by atoms with Gasteiger partial charge in [0.05, 0.1) is 18.4 Å².